The Morgan fingerprint density at radius 3 is 2.70 bits per heavy atom. The lowest BCUT2D eigenvalue weighted by Crippen LogP contribution is -1.94. The van der Waals surface area contributed by atoms with Crippen molar-refractivity contribution in [1.82, 2.24) is 9.97 Å². The molecule has 20 heavy (non-hydrogen) atoms. The van der Waals surface area contributed by atoms with Gasteiger partial charge in [0.1, 0.15) is 5.03 Å². The minimum Gasteiger partial charge on any atom is -0.492 e. The number of hydrogen-bond acceptors (Lipinski definition) is 5. The molecule has 0 spiro atoms. The zero-order chi connectivity index (χ0) is 14.5. The first-order chi connectivity index (χ1) is 9.63. The molecule has 0 N–H and O–H groups in total. The van der Waals surface area contributed by atoms with Crippen LogP contribution in [0, 0.1) is 0 Å². The van der Waals surface area contributed by atoms with E-state index in [1.165, 1.54) is 11.8 Å². The predicted octanol–water partition coefficient (Wildman–Crippen LogP) is 4.81. The molecule has 0 bridgehead atoms. The maximum Gasteiger partial charge on any atom is 0.189 e. The molecule has 0 amide bonds. The van der Waals surface area contributed by atoms with Crippen molar-refractivity contribution in [2.24, 2.45) is 0 Å². The van der Waals surface area contributed by atoms with Crippen LogP contribution in [0.25, 0.3) is 0 Å². The number of nitrogens with zero attached hydrogens (tertiary/aromatic N) is 2. The number of ether oxygens (including phenoxy) is 1. The lowest BCUT2D eigenvalue weighted by atomic mass is 10.2. The molecule has 2 rings (SSSR count). The van der Waals surface area contributed by atoms with Crippen LogP contribution in [0.4, 0.5) is 0 Å². The van der Waals surface area contributed by atoms with Crippen molar-refractivity contribution in [2.45, 2.75) is 15.9 Å². The maximum absolute atomic E-state index is 5.99. The van der Waals surface area contributed by atoms with Crippen molar-refractivity contribution in [2.75, 3.05) is 13.4 Å². The smallest absolute Gasteiger partial charge is 0.189 e. The van der Waals surface area contributed by atoms with Crippen LogP contribution in [0.3, 0.4) is 0 Å². The van der Waals surface area contributed by atoms with E-state index in [0.717, 1.165) is 16.3 Å². The number of thioether (sulfide) groups is 2. The lowest BCUT2D eigenvalue weighted by molar-refractivity contribution is 0.396. The zero-order valence-electron chi connectivity index (χ0n) is 10.9. The van der Waals surface area contributed by atoms with Crippen molar-refractivity contribution >= 4 is 46.7 Å². The van der Waals surface area contributed by atoms with E-state index in [-0.39, 0.29) is 0 Å². The fraction of sp³-hybridized carbons (Fsp3) is 0.231. The van der Waals surface area contributed by atoms with Crippen molar-refractivity contribution < 1.29 is 4.74 Å². The zero-order valence-corrected chi connectivity index (χ0v) is 14.0. The summed E-state index contributed by atoms with van der Waals surface area (Å²) in [7, 11) is 1.61. The molecule has 3 nitrogen and oxygen atoms in total. The molecule has 106 valence electrons. The van der Waals surface area contributed by atoms with Gasteiger partial charge in [-0.3, -0.25) is 0 Å². The second-order valence-electron chi connectivity index (χ2n) is 3.77. The van der Waals surface area contributed by atoms with Crippen molar-refractivity contribution in [1.29, 1.82) is 0 Å². The van der Waals surface area contributed by atoms with E-state index in [4.69, 9.17) is 27.9 Å². The molecule has 0 aliphatic heterocycles. The van der Waals surface area contributed by atoms with E-state index >= 15 is 0 Å². The molecule has 1 aromatic carbocycles. The summed E-state index contributed by atoms with van der Waals surface area (Å²) in [6, 6.07) is 5.60. The highest BCUT2D eigenvalue weighted by atomic mass is 35.5. The van der Waals surface area contributed by atoms with Crippen LogP contribution in [0.15, 0.2) is 34.6 Å². The Balaban J connectivity index is 2.08. The summed E-state index contributed by atoms with van der Waals surface area (Å²) in [5, 5.41) is 2.66. The van der Waals surface area contributed by atoms with Crippen LogP contribution < -0.4 is 4.74 Å². The number of rotatable bonds is 5. The second-order valence-corrected chi connectivity index (χ2v) is 6.32. The Bertz CT molecular complexity index is 611. The summed E-state index contributed by atoms with van der Waals surface area (Å²) in [5.41, 5.74) is 1.08. The molecule has 0 fully saturated rings. The molecule has 0 saturated carbocycles. The Hall–Kier alpha value is -0.620. The van der Waals surface area contributed by atoms with E-state index in [1.807, 2.05) is 18.4 Å². The van der Waals surface area contributed by atoms with Gasteiger partial charge in [0.2, 0.25) is 0 Å². The summed E-state index contributed by atoms with van der Waals surface area (Å²) < 4.78 is 5.20. The van der Waals surface area contributed by atoms with Crippen molar-refractivity contribution in [3.8, 4) is 5.75 Å². The molecule has 0 atom stereocenters. The summed E-state index contributed by atoms with van der Waals surface area (Å²) in [6.45, 7) is 0. The van der Waals surface area contributed by atoms with Crippen molar-refractivity contribution in [3.63, 3.8) is 0 Å². The molecule has 0 radical (unpaired) electrons. The fourth-order valence-corrected chi connectivity index (χ4v) is 3.12. The molecular weight excluding hydrogens is 335 g/mol. The van der Waals surface area contributed by atoms with Gasteiger partial charge in [0, 0.05) is 5.75 Å². The van der Waals surface area contributed by atoms with E-state index in [0.29, 0.717) is 21.0 Å². The number of benzene rings is 1. The average Bonchev–Trinajstić information content (AvgIpc) is 2.48. The van der Waals surface area contributed by atoms with Crippen LogP contribution in [0.1, 0.15) is 5.56 Å². The third-order valence-corrected chi connectivity index (χ3v) is 4.82. The molecule has 1 aromatic heterocycles. The number of methoxy groups -OCH3 is 1. The predicted molar refractivity (Wildman–Crippen MR) is 86.4 cm³/mol. The highest BCUT2D eigenvalue weighted by molar-refractivity contribution is 7.99. The first-order valence-electron chi connectivity index (χ1n) is 5.65. The van der Waals surface area contributed by atoms with Gasteiger partial charge in [-0.05, 0) is 24.0 Å². The quantitative estimate of drug-likeness (QED) is 0.441. The van der Waals surface area contributed by atoms with Crippen LogP contribution >= 0.6 is 46.7 Å². The van der Waals surface area contributed by atoms with Gasteiger partial charge >= 0.3 is 0 Å². The van der Waals surface area contributed by atoms with Gasteiger partial charge in [0.15, 0.2) is 10.9 Å². The third-order valence-electron chi connectivity index (χ3n) is 2.47. The molecule has 0 unspecified atom stereocenters. The van der Waals surface area contributed by atoms with Crippen LogP contribution in [0.5, 0.6) is 5.75 Å². The SMILES string of the molecule is COc1cnc(SCc2ccc(Cl)c(Cl)c2)nc1SC. The van der Waals surface area contributed by atoms with Crippen LogP contribution in [-0.2, 0) is 5.75 Å². The van der Waals surface area contributed by atoms with Gasteiger partial charge in [-0.2, -0.15) is 0 Å². The Morgan fingerprint density at radius 2 is 2.05 bits per heavy atom. The van der Waals surface area contributed by atoms with Gasteiger partial charge in [0.05, 0.1) is 23.4 Å². The van der Waals surface area contributed by atoms with Gasteiger partial charge < -0.3 is 4.74 Å². The minimum atomic E-state index is 0.560. The maximum atomic E-state index is 5.99. The number of aromatic nitrogens is 2. The summed E-state index contributed by atoms with van der Waals surface area (Å²) in [5.74, 6) is 1.42. The standard InChI is InChI=1S/C13H12Cl2N2OS2/c1-18-11-6-16-13(17-12(11)19-2)20-7-8-3-4-9(14)10(15)5-8/h3-6H,7H2,1-2H3. The van der Waals surface area contributed by atoms with E-state index in [1.54, 1.807) is 31.1 Å². The average molecular weight is 347 g/mol. The molecular formula is C13H12Cl2N2OS2. The van der Waals surface area contributed by atoms with E-state index in [2.05, 4.69) is 9.97 Å². The van der Waals surface area contributed by atoms with Crippen molar-refractivity contribution in [3.05, 3.63) is 40.0 Å². The van der Waals surface area contributed by atoms with Gasteiger partial charge in [0.25, 0.3) is 0 Å². The van der Waals surface area contributed by atoms with Gasteiger partial charge in [-0.1, -0.05) is 41.0 Å². The third kappa shape index (κ3) is 3.95. The molecule has 1 heterocycles. The van der Waals surface area contributed by atoms with E-state index < -0.39 is 0 Å². The van der Waals surface area contributed by atoms with Crippen LogP contribution in [0.2, 0.25) is 10.0 Å². The second kappa shape index (κ2) is 7.41. The topological polar surface area (TPSA) is 35.0 Å². The Morgan fingerprint density at radius 1 is 1.25 bits per heavy atom. The molecule has 7 heteroatoms. The molecule has 0 aliphatic carbocycles. The summed E-state index contributed by atoms with van der Waals surface area (Å²) in [6.07, 6.45) is 3.65. The van der Waals surface area contributed by atoms with Crippen LogP contribution in [-0.4, -0.2) is 23.3 Å². The molecule has 0 aliphatic rings. The lowest BCUT2D eigenvalue weighted by Gasteiger charge is -2.07. The normalized spacial score (nSPS) is 10.6. The monoisotopic (exact) mass is 346 g/mol. The Kier molecular flexibility index (Phi) is 5.84. The first kappa shape index (κ1) is 15.8. The highest BCUT2D eigenvalue weighted by Gasteiger charge is 2.08. The fourth-order valence-electron chi connectivity index (χ4n) is 1.47. The largest absolute Gasteiger partial charge is 0.492 e. The molecule has 2 aromatic rings. The Labute approximate surface area is 136 Å². The number of halogens is 2. The van der Waals surface area contributed by atoms with E-state index in [9.17, 15) is 0 Å². The number of hydrogen-bond donors (Lipinski definition) is 0. The highest BCUT2D eigenvalue weighted by Crippen LogP contribution is 2.29. The minimum absolute atomic E-state index is 0.560. The first-order valence-corrected chi connectivity index (χ1v) is 8.62. The summed E-state index contributed by atoms with van der Waals surface area (Å²) in [4.78, 5) is 8.72. The molecule has 0 saturated heterocycles. The summed E-state index contributed by atoms with van der Waals surface area (Å²) >= 11 is 15.0. The van der Waals surface area contributed by atoms with Gasteiger partial charge in [-0.15, -0.1) is 11.8 Å². The van der Waals surface area contributed by atoms with Gasteiger partial charge in [-0.25, -0.2) is 9.97 Å².